The lowest BCUT2D eigenvalue weighted by molar-refractivity contribution is -0.231. The van der Waals surface area contributed by atoms with E-state index >= 15 is 0 Å². The van der Waals surface area contributed by atoms with Gasteiger partial charge in [0.15, 0.2) is 5.76 Å². The van der Waals surface area contributed by atoms with Crippen molar-refractivity contribution in [2.24, 2.45) is 22.9 Å². The van der Waals surface area contributed by atoms with Crippen LogP contribution in [0, 0.1) is 0 Å². The van der Waals surface area contributed by atoms with E-state index in [2.05, 4.69) is 21.3 Å². The molecule has 208 valence electrons. The summed E-state index contributed by atoms with van der Waals surface area (Å²) in [5, 5.41) is 33.8. The molecule has 0 aliphatic rings. The fourth-order valence-electron chi connectivity index (χ4n) is 3.19. The Kier molecular flexibility index (Phi) is 22.8. The normalized spacial score (nSPS) is 12.7. The lowest BCUT2D eigenvalue weighted by atomic mass is 9.98. The van der Waals surface area contributed by atoms with Gasteiger partial charge in [0, 0.05) is 0 Å². The van der Waals surface area contributed by atoms with Crippen LogP contribution in [-0.2, 0) is 14.5 Å². The standard InChI is InChI=1S/C16H40N6.C6H8O7/c17-7-3-13-21(14-4-8-18)11-1-2-12-22(15-5-9-19)16-6-10-20;1-3(13-12)6(11,5(9)10)2-4(7)8/h1-20H2;11-12H,1-2H2,(H,7,8)(H,9,10). The van der Waals surface area contributed by atoms with Crippen LogP contribution >= 0.6 is 0 Å². The molecule has 13 heteroatoms. The minimum Gasteiger partial charge on any atom is -0.481 e. The topological polar surface area (TPSA) is 235 Å². The Balaban J connectivity index is 0. The maximum absolute atomic E-state index is 10.4. The van der Waals surface area contributed by atoms with Crippen LogP contribution < -0.4 is 22.9 Å². The van der Waals surface area contributed by atoms with Crippen LogP contribution in [0.4, 0.5) is 0 Å². The number of nitrogens with zero attached hydrogens (tertiary/aromatic N) is 2. The molecule has 35 heavy (non-hydrogen) atoms. The van der Waals surface area contributed by atoms with E-state index in [1.54, 1.807) is 0 Å². The average Bonchev–Trinajstić information content (AvgIpc) is 2.83. The molecular weight excluding hydrogens is 460 g/mol. The second-order valence-corrected chi connectivity index (χ2v) is 8.21. The molecule has 0 bridgehead atoms. The molecule has 0 rings (SSSR count). The summed E-state index contributed by atoms with van der Waals surface area (Å²) in [5.41, 5.74) is 19.6. The molecule has 0 aliphatic carbocycles. The summed E-state index contributed by atoms with van der Waals surface area (Å²) in [6.45, 7) is 12.6. The number of carboxylic acid groups (broad SMARTS) is 2. The first-order valence-electron chi connectivity index (χ1n) is 12.1. The van der Waals surface area contributed by atoms with Gasteiger partial charge in [-0.3, -0.25) is 4.79 Å². The second-order valence-electron chi connectivity index (χ2n) is 8.21. The van der Waals surface area contributed by atoms with Crippen LogP contribution in [0.1, 0.15) is 44.9 Å². The summed E-state index contributed by atoms with van der Waals surface area (Å²) in [6.07, 6.45) is 5.61. The van der Waals surface area contributed by atoms with Gasteiger partial charge in [0.05, 0.1) is 6.42 Å². The van der Waals surface area contributed by atoms with Crippen molar-refractivity contribution in [3.63, 3.8) is 0 Å². The van der Waals surface area contributed by atoms with Crippen molar-refractivity contribution in [3.05, 3.63) is 12.3 Å². The van der Waals surface area contributed by atoms with Crippen LogP contribution in [0.15, 0.2) is 12.3 Å². The smallest absolute Gasteiger partial charge is 0.344 e. The fourth-order valence-corrected chi connectivity index (χ4v) is 3.19. The molecule has 0 saturated carbocycles. The van der Waals surface area contributed by atoms with Gasteiger partial charge in [-0.05, 0) is 104 Å². The second kappa shape index (κ2) is 22.6. The number of aliphatic carboxylic acids is 2. The minimum atomic E-state index is -2.82. The molecule has 0 aromatic rings. The monoisotopic (exact) mass is 508 g/mol. The minimum absolute atomic E-state index is 0.769. The Morgan fingerprint density at radius 3 is 1.26 bits per heavy atom. The highest BCUT2D eigenvalue weighted by Crippen LogP contribution is 2.20. The Morgan fingerprint density at radius 2 is 1.03 bits per heavy atom. The van der Waals surface area contributed by atoms with Gasteiger partial charge in [-0.1, -0.05) is 6.58 Å². The molecule has 0 aliphatic heterocycles. The number of carboxylic acids is 2. The molecule has 1 atom stereocenters. The molecule has 0 saturated heterocycles. The van der Waals surface area contributed by atoms with Gasteiger partial charge < -0.3 is 52.9 Å². The van der Waals surface area contributed by atoms with Gasteiger partial charge in [0.1, 0.15) is 0 Å². The van der Waals surface area contributed by atoms with E-state index in [0.29, 0.717) is 0 Å². The maximum atomic E-state index is 10.4. The highest BCUT2D eigenvalue weighted by Gasteiger charge is 2.44. The first kappa shape index (κ1) is 35.3. The van der Waals surface area contributed by atoms with E-state index in [4.69, 9.17) is 43.5 Å². The van der Waals surface area contributed by atoms with Gasteiger partial charge in [-0.2, -0.15) is 0 Å². The zero-order valence-corrected chi connectivity index (χ0v) is 20.9. The van der Waals surface area contributed by atoms with Gasteiger partial charge in [-0.25, -0.2) is 10.1 Å². The van der Waals surface area contributed by atoms with Crippen molar-refractivity contribution in [1.29, 1.82) is 0 Å². The van der Waals surface area contributed by atoms with Crippen molar-refractivity contribution < 1.29 is 35.1 Å². The molecule has 0 spiro atoms. The predicted molar refractivity (Wildman–Crippen MR) is 134 cm³/mol. The van der Waals surface area contributed by atoms with Crippen LogP contribution in [-0.4, -0.2) is 113 Å². The van der Waals surface area contributed by atoms with Crippen molar-refractivity contribution in [2.75, 3.05) is 65.4 Å². The lowest BCUT2D eigenvalue weighted by Gasteiger charge is -2.24. The van der Waals surface area contributed by atoms with Crippen molar-refractivity contribution in [2.45, 2.75) is 50.5 Å². The van der Waals surface area contributed by atoms with Gasteiger partial charge in [-0.15, -0.1) is 0 Å². The number of rotatable bonds is 22. The summed E-state index contributed by atoms with van der Waals surface area (Å²) in [7, 11) is 0. The third-order valence-electron chi connectivity index (χ3n) is 5.24. The summed E-state index contributed by atoms with van der Waals surface area (Å²) >= 11 is 0. The van der Waals surface area contributed by atoms with Gasteiger partial charge in [0.25, 0.3) is 0 Å². The van der Waals surface area contributed by atoms with Crippen molar-refractivity contribution in [1.82, 2.24) is 9.80 Å². The summed E-state index contributed by atoms with van der Waals surface area (Å²) in [5.74, 6) is -4.39. The Bertz CT molecular complexity index is 532. The van der Waals surface area contributed by atoms with E-state index in [0.717, 1.165) is 91.1 Å². The Hall–Kier alpha value is -1.84. The average molecular weight is 509 g/mol. The Morgan fingerprint density at radius 1 is 0.714 bits per heavy atom. The van der Waals surface area contributed by atoms with E-state index in [9.17, 15) is 9.59 Å². The molecule has 0 aromatic heterocycles. The van der Waals surface area contributed by atoms with Crippen molar-refractivity contribution >= 4 is 11.9 Å². The molecule has 0 heterocycles. The highest BCUT2D eigenvalue weighted by molar-refractivity contribution is 5.86. The van der Waals surface area contributed by atoms with E-state index in [-0.39, 0.29) is 0 Å². The van der Waals surface area contributed by atoms with Gasteiger partial charge >= 0.3 is 11.9 Å². The quantitative estimate of drug-likeness (QED) is 0.0381. The number of hydrogen-bond acceptors (Lipinski definition) is 11. The van der Waals surface area contributed by atoms with E-state index in [1.165, 1.54) is 12.8 Å². The first-order chi connectivity index (χ1) is 16.6. The number of hydrogen-bond donors (Lipinski definition) is 8. The zero-order valence-electron chi connectivity index (χ0n) is 20.9. The summed E-state index contributed by atoms with van der Waals surface area (Å²) in [6, 6.07) is 0. The highest BCUT2D eigenvalue weighted by atomic mass is 17.1. The van der Waals surface area contributed by atoms with Gasteiger partial charge in [0.2, 0.25) is 5.60 Å². The number of nitrogens with two attached hydrogens (primary N) is 4. The number of aliphatic hydroxyl groups is 1. The molecule has 13 nitrogen and oxygen atoms in total. The first-order valence-corrected chi connectivity index (χ1v) is 12.1. The molecule has 0 amide bonds. The lowest BCUT2D eigenvalue weighted by Crippen LogP contribution is -2.42. The molecule has 1 unspecified atom stereocenters. The summed E-state index contributed by atoms with van der Waals surface area (Å²) in [4.78, 5) is 28.9. The van der Waals surface area contributed by atoms with Crippen LogP contribution in [0.2, 0.25) is 0 Å². The van der Waals surface area contributed by atoms with Crippen molar-refractivity contribution in [3.8, 4) is 0 Å². The van der Waals surface area contributed by atoms with E-state index in [1.807, 2.05) is 0 Å². The summed E-state index contributed by atoms with van der Waals surface area (Å²) < 4.78 is 0. The Labute approximate surface area is 208 Å². The molecular formula is C22H48N6O7. The largest absolute Gasteiger partial charge is 0.481 e. The molecule has 0 aromatic carbocycles. The molecule has 0 radical (unpaired) electrons. The predicted octanol–water partition coefficient (Wildman–Crippen LogP) is -0.954. The zero-order chi connectivity index (χ0) is 27.1. The third-order valence-corrected chi connectivity index (χ3v) is 5.24. The van der Waals surface area contributed by atoms with Crippen LogP contribution in [0.5, 0.6) is 0 Å². The molecule has 0 fully saturated rings. The van der Waals surface area contributed by atoms with Crippen LogP contribution in [0.3, 0.4) is 0 Å². The van der Waals surface area contributed by atoms with Crippen LogP contribution in [0.25, 0.3) is 0 Å². The third kappa shape index (κ3) is 18.1. The fraction of sp³-hybridized carbons (Fsp3) is 0.818. The molecule has 12 N–H and O–H groups in total. The maximum Gasteiger partial charge on any atom is 0.344 e. The SMILES string of the molecule is C=C(OO)C(O)(CC(=O)O)C(=O)O.NCCCN(CCCN)CCCCN(CCCN)CCCN. The van der Waals surface area contributed by atoms with E-state index < -0.39 is 29.7 Å². The number of unbranched alkanes of at least 4 members (excludes halogenated alkanes) is 1. The number of carbonyl (C=O) groups is 2.